The Morgan fingerprint density at radius 3 is 1.89 bits per heavy atom. The second kappa shape index (κ2) is 6.90. The fourth-order valence-corrected chi connectivity index (χ4v) is 2.38. The summed E-state index contributed by atoms with van der Waals surface area (Å²) < 4.78 is 37.7. The first-order valence-electron chi connectivity index (χ1n) is 7.69. The van der Waals surface area contributed by atoms with Gasteiger partial charge in [0.2, 0.25) is 0 Å². The SMILES string of the molecule is NC(=O)c1c(Nc2ccc(Nc3ccc(C(F)(F)F)cc3)cc2)n[nH]c1N. The standard InChI is InChI=1S/C17H15F3N6O/c18-17(19,20)9-1-3-10(4-2-9)23-11-5-7-12(8-6-11)24-16-13(15(22)27)14(21)25-26-16/h1-8,23H,(H2,22,27)(H4,21,24,25,26). The van der Waals surface area contributed by atoms with E-state index in [2.05, 4.69) is 20.8 Å². The second-order valence-corrected chi connectivity index (χ2v) is 5.63. The molecule has 0 atom stereocenters. The summed E-state index contributed by atoms with van der Waals surface area (Å²) in [6, 6.07) is 11.5. The van der Waals surface area contributed by atoms with Crippen LogP contribution in [0.15, 0.2) is 48.5 Å². The molecule has 0 fully saturated rings. The predicted molar refractivity (Wildman–Crippen MR) is 96.0 cm³/mol. The molecule has 3 rings (SSSR count). The number of carbonyl (C=O) groups is 1. The zero-order valence-electron chi connectivity index (χ0n) is 13.8. The van der Waals surface area contributed by atoms with Gasteiger partial charge in [-0.1, -0.05) is 0 Å². The second-order valence-electron chi connectivity index (χ2n) is 5.63. The van der Waals surface area contributed by atoms with E-state index in [1.807, 2.05) is 0 Å². The molecule has 7 N–H and O–H groups in total. The summed E-state index contributed by atoms with van der Waals surface area (Å²) in [6.45, 7) is 0. The van der Waals surface area contributed by atoms with Gasteiger partial charge < -0.3 is 22.1 Å². The summed E-state index contributed by atoms with van der Waals surface area (Å²) in [7, 11) is 0. The molecule has 0 saturated carbocycles. The fourth-order valence-electron chi connectivity index (χ4n) is 2.38. The number of alkyl halides is 3. The molecule has 3 aromatic rings. The lowest BCUT2D eigenvalue weighted by Gasteiger charge is -2.10. The number of aromatic amines is 1. The van der Waals surface area contributed by atoms with Crippen molar-refractivity contribution in [3.8, 4) is 0 Å². The zero-order chi connectivity index (χ0) is 19.6. The van der Waals surface area contributed by atoms with Crippen LogP contribution in [0.3, 0.4) is 0 Å². The summed E-state index contributed by atoms with van der Waals surface area (Å²) in [5, 5.41) is 12.3. The minimum Gasteiger partial charge on any atom is -0.383 e. The van der Waals surface area contributed by atoms with Crippen LogP contribution in [0.1, 0.15) is 15.9 Å². The number of H-pyrrole nitrogens is 1. The quantitative estimate of drug-likeness (QED) is 0.466. The largest absolute Gasteiger partial charge is 0.416 e. The molecule has 10 heteroatoms. The lowest BCUT2D eigenvalue weighted by atomic mass is 10.2. The number of nitrogen functional groups attached to an aromatic ring is 1. The van der Waals surface area contributed by atoms with Crippen molar-refractivity contribution in [3.63, 3.8) is 0 Å². The van der Waals surface area contributed by atoms with Gasteiger partial charge in [0.25, 0.3) is 5.91 Å². The number of nitrogens with one attached hydrogen (secondary N) is 3. The normalized spacial score (nSPS) is 11.2. The maximum atomic E-state index is 12.6. The van der Waals surface area contributed by atoms with Crippen molar-refractivity contribution in [1.29, 1.82) is 0 Å². The van der Waals surface area contributed by atoms with Crippen molar-refractivity contribution >= 4 is 34.6 Å². The molecule has 0 radical (unpaired) electrons. The van der Waals surface area contributed by atoms with Gasteiger partial charge in [0.1, 0.15) is 11.4 Å². The molecular formula is C17H15F3N6O. The fraction of sp³-hybridized carbons (Fsp3) is 0.0588. The first kappa shape index (κ1) is 18.1. The maximum Gasteiger partial charge on any atom is 0.416 e. The van der Waals surface area contributed by atoms with E-state index in [0.29, 0.717) is 17.1 Å². The summed E-state index contributed by atoms with van der Waals surface area (Å²) in [6.07, 6.45) is -4.37. The van der Waals surface area contributed by atoms with Gasteiger partial charge in [-0.15, -0.1) is 0 Å². The minimum absolute atomic E-state index is 0.0574. The van der Waals surface area contributed by atoms with E-state index in [1.165, 1.54) is 12.1 Å². The van der Waals surface area contributed by atoms with Crippen molar-refractivity contribution in [3.05, 3.63) is 59.7 Å². The molecule has 27 heavy (non-hydrogen) atoms. The third-order valence-electron chi connectivity index (χ3n) is 3.69. The van der Waals surface area contributed by atoms with Gasteiger partial charge in [0.05, 0.1) is 5.56 Å². The van der Waals surface area contributed by atoms with E-state index in [9.17, 15) is 18.0 Å². The third kappa shape index (κ3) is 4.11. The van der Waals surface area contributed by atoms with E-state index < -0.39 is 17.6 Å². The Balaban J connectivity index is 1.70. The van der Waals surface area contributed by atoms with Crippen molar-refractivity contribution in [2.45, 2.75) is 6.18 Å². The number of nitrogens with two attached hydrogens (primary N) is 2. The smallest absolute Gasteiger partial charge is 0.383 e. The lowest BCUT2D eigenvalue weighted by molar-refractivity contribution is -0.137. The molecule has 1 amide bonds. The molecule has 0 bridgehead atoms. The average molecular weight is 376 g/mol. The van der Waals surface area contributed by atoms with Gasteiger partial charge in [-0.05, 0) is 48.5 Å². The third-order valence-corrected chi connectivity index (χ3v) is 3.69. The summed E-state index contributed by atoms with van der Waals surface area (Å²) in [5.41, 5.74) is 12.0. The van der Waals surface area contributed by atoms with Crippen LogP contribution < -0.4 is 22.1 Å². The van der Waals surface area contributed by atoms with Crippen LogP contribution in [0.25, 0.3) is 0 Å². The predicted octanol–water partition coefficient (Wildman–Crippen LogP) is 3.60. The highest BCUT2D eigenvalue weighted by atomic mass is 19.4. The Morgan fingerprint density at radius 2 is 1.41 bits per heavy atom. The summed E-state index contributed by atoms with van der Waals surface area (Å²) >= 11 is 0. The van der Waals surface area contributed by atoms with Crippen LogP contribution in [0, 0.1) is 0 Å². The molecule has 0 aliphatic carbocycles. The van der Waals surface area contributed by atoms with Gasteiger partial charge in [-0.3, -0.25) is 9.89 Å². The first-order valence-corrected chi connectivity index (χ1v) is 7.69. The Morgan fingerprint density at radius 1 is 0.926 bits per heavy atom. The molecule has 0 saturated heterocycles. The highest BCUT2D eigenvalue weighted by Crippen LogP contribution is 2.30. The number of primary amides is 1. The highest BCUT2D eigenvalue weighted by molar-refractivity contribution is 6.02. The van der Waals surface area contributed by atoms with Crippen LogP contribution in [0.5, 0.6) is 0 Å². The monoisotopic (exact) mass is 376 g/mol. The van der Waals surface area contributed by atoms with Gasteiger partial charge in [-0.25, -0.2) is 0 Å². The maximum absolute atomic E-state index is 12.6. The first-order chi connectivity index (χ1) is 12.7. The van der Waals surface area contributed by atoms with Crippen molar-refractivity contribution in [2.75, 3.05) is 16.4 Å². The number of halogens is 3. The van der Waals surface area contributed by atoms with Gasteiger partial charge in [-0.2, -0.15) is 18.3 Å². The number of anilines is 5. The summed E-state index contributed by atoms with van der Waals surface area (Å²) in [5.74, 6) is -0.460. The number of hydrogen-bond acceptors (Lipinski definition) is 5. The summed E-state index contributed by atoms with van der Waals surface area (Å²) in [4.78, 5) is 11.4. The molecule has 7 nitrogen and oxygen atoms in total. The highest BCUT2D eigenvalue weighted by Gasteiger charge is 2.29. The molecular weight excluding hydrogens is 361 g/mol. The van der Waals surface area contributed by atoms with Gasteiger partial charge in [0.15, 0.2) is 5.82 Å². The van der Waals surface area contributed by atoms with E-state index in [0.717, 1.165) is 12.1 Å². The topological polar surface area (TPSA) is 122 Å². The van der Waals surface area contributed by atoms with Crippen LogP contribution >= 0.6 is 0 Å². The molecule has 0 unspecified atom stereocenters. The Hall–Kier alpha value is -3.69. The van der Waals surface area contributed by atoms with Gasteiger partial charge in [0, 0.05) is 17.1 Å². The Kier molecular flexibility index (Phi) is 4.63. The number of hydrogen-bond donors (Lipinski definition) is 5. The van der Waals surface area contributed by atoms with Crippen LogP contribution in [-0.2, 0) is 6.18 Å². The number of benzene rings is 2. The van der Waals surface area contributed by atoms with Crippen LogP contribution in [0.4, 0.5) is 41.9 Å². The van der Waals surface area contributed by atoms with Crippen molar-refractivity contribution in [2.24, 2.45) is 5.73 Å². The van der Waals surface area contributed by atoms with Crippen molar-refractivity contribution < 1.29 is 18.0 Å². The zero-order valence-corrected chi connectivity index (χ0v) is 13.8. The van der Waals surface area contributed by atoms with Crippen LogP contribution in [0.2, 0.25) is 0 Å². The van der Waals surface area contributed by atoms with E-state index >= 15 is 0 Å². The van der Waals surface area contributed by atoms with E-state index in [1.54, 1.807) is 24.3 Å². The number of nitrogens with zero attached hydrogens (tertiary/aromatic N) is 1. The lowest BCUT2D eigenvalue weighted by Crippen LogP contribution is -2.14. The van der Waals surface area contributed by atoms with Gasteiger partial charge >= 0.3 is 6.18 Å². The molecule has 2 aromatic carbocycles. The van der Waals surface area contributed by atoms with E-state index in [-0.39, 0.29) is 17.2 Å². The number of aromatic nitrogens is 2. The molecule has 1 heterocycles. The number of rotatable bonds is 5. The number of amides is 1. The molecule has 1 aromatic heterocycles. The average Bonchev–Trinajstić information content (AvgIpc) is 2.97. The number of carbonyl (C=O) groups excluding carboxylic acids is 1. The van der Waals surface area contributed by atoms with Crippen LogP contribution in [-0.4, -0.2) is 16.1 Å². The van der Waals surface area contributed by atoms with E-state index in [4.69, 9.17) is 11.5 Å². The molecule has 0 aliphatic rings. The molecule has 0 aliphatic heterocycles. The Bertz CT molecular complexity index is 948. The minimum atomic E-state index is -4.37. The Labute approximate surface area is 151 Å². The molecule has 140 valence electrons. The van der Waals surface area contributed by atoms with Crippen molar-refractivity contribution in [1.82, 2.24) is 10.2 Å². The molecule has 0 spiro atoms.